The van der Waals surface area contributed by atoms with Crippen LogP contribution < -0.4 is 14.8 Å². The van der Waals surface area contributed by atoms with E-state index in [0.29, 0.717) is 47.7 Å². The number of anilines is 1. The van der Waals surface area contributed by atoms with Gasteiger partial charge in [0.15, 0.2) is 11.5 Å². The summed E-state index contributed by atoms with van der Waals surface area (Å²) in [5, 5.41) is 4.27. The molecule has 0 fully saturated rings. The van der Waals surface area contributed by atoms with Gasteiger partial charge in [0.05, 0.1) is 0 Å². The van der Waals surface area contributed by atoms with Crippen molar-refractivity contribution in [3.05, 3.63) is 53.2 Å². The Morgan fingerprint density at radius 1 is 1.10 bits per heavy atom. The molecule has 0 unspecified atom stereocenters. The van der Waals surface area contributed by atoms with Crippen molar-refractivity contribution in [2.24, 2.45) is 0 Å². The van der Waals surface area contributed by atoms with Crippen LogP contribution in [-0.4, -0.2) is 48.0 Å². The minimum absolute atomic E-state index is 0.0695. The first-order chi connectivity index (χ1) is 14.0. The number of amides is 2. The van der Waals surface area contributed by atoms with Crippen LogP contribution in [0, 0.1) is 0 Å². The number of nitrogens with zero attached hydrogens (tertiary/aromatic N) is 1. The van der Waals surface area contributed by atoms with E-state index >= 15 is 0 Å². The van der Waals surface area contributed by atoms with Crippen molar-refractivity contribution in [2.75, 3.05) is 31.6 Å². The summed E-state index contributed by atoms with van der Waals surface area (Å²) < 4.78 is 11.0. The molecule has 8 heteroatoms. The first kappa shape index (κ1) is 19.1. The Kier molecular flexibility index (Phi) is 5.31. The first-order valence-electron chi connectivity index (χ1n) is 9.30. The SMILES string of the molecule is CCN(CC(=O)Nc1ccc2c(c1)OCCO2)C(=O)c1cc2ccc(Cl)cc2[nH]1. The van der Waals surface area contributed by atoms with Crippen molar-refractivity contribution in [1.82, 2.24) is 9.88 Å². The Bertz CT molecular complexity index is 1080. The van der Waals surface area contributed by atoms with E-state index in [1.165, 1.54) is 4.90 Å². The van der Waals surface area contributed by atoms with Gasteiger partial charge in [-0.2, -0.15) is 0 Å². The van der Waals surface area contributed by atoms with Crippen LogP contribution in [0.5, 0.6) is 11.5 Å². The van der Waals surface area contributed by atoms with E-state index < -0.39 is 0 Å². The number of aromatic nitrogens is 1. The highest BCUT2D eigenvalue weighted by atomic mass is 35.5. The molecule has 2 aromatic carbocycles. The van der Waals surface area contributed by atoms with E-state index in [1.54, 1.807) is 36.4 Å². The van der Waals surface area contributed by atoms with E-state index in [2.05, 4.69) is 10.3 Å². The fourth-order valence-electron chi connectivity index (χ4n) is 3.21. The quantitative estimate of drug-likeness (QED) is 0.668. The molecule has 0 aliphatic carbocycles. The summed E-state index contributed by atoms with van der Waals surface area (Å²) in [6.07, 6.45) is 0. The Labute approximate surface area is 172 Å². The smallest absolute Gasteiger partial charge is 0.270 e. The molecule has 29 heavy (non-hydrogen) atoms. The molecule has 0 atom stereocenters. The Morgan fingerprint density at radius 2 is 1.90 bits per heavy atom. The van der Waals surface area contributed by atoms with Crippen LogP contribution in [0.4, 0.5) is 5.69 Å². The fourth-order valence-corrected chi connectivity index (χ4v) is 3.38. The van der Waals surface area contributed by atoms with Crippen molar-refractivity contribution in [3.8, 4) is 11.5 Å². The molecule has 4 rings (SSSR count). The highest BCUT2D eigenvalue weighted by Gasteiger charge is 2.20. The number of carbonyl (C=O) groups is 2. The molecule has 2 heterocycles. The predicted octanol–water partition coefficient (Wildman–Crippen LogP) is 3.69. The maximum Gasteiger partial charge on any atom is 0.270 e. The number of benzene rings is 2. The number of rotatable bonds is 5. The van der Waals surface area contributed by atoms with Crippen molar-refractivity contribution in [2.45, 2.75) is 6.92 Å². The summed E-state index contributed by atoms with van der Waals surface area (Å²) in [6.45, 7) is 3.13. The number of halogens is 1. The number of aromatic amines is 1. The van der Waals surface area contributed by atoms with Gasteiger partial charge in [0, 0.05) is 34.2 Å². The van der Waals surface area contributed by atoms with Gasteiger partial charge in [0.1, 0.15) is 25.5 Å². The highest BCUT2D eigenvalue weighted by Crippen LogP contribution is 2.32. The largest absolute Gasteiger partial charge is 0.486 e. The van der Waals surface area contributed by atoms with E-state index in [9.17, 15) is 9.59 Å². The summed E-state index contributed by atoms with van der Waals surface area (Å²) in [6, 6.07) is 12.3. The molecule has 7 nitrogen and oxygen atoms in total. The van der Waals surface area contributed by atoms with Gasteiger partial charge in [-0.05, 0) is 37.3 Å². The average Bonchev–Trinajstić information content (AvgIpc) is 3.14. The third-order valence-electron chi connectivity index (χ3n) is 4.64. The molecule has 0 spiro atoms. The predicted molar refractivity (Wildman–Crippen MR) is 111 cm³/mol. The van der Waals surface area contributed by atoms with Crippen LogP contribution in [0.15, 0.2) is 42.5 Å². The molecule has 2 amide bonds. The lowest BCUT2D eigenvalue weighted by atomic mass is 10.2. The summed E-state index contributed by atoms with van der Waals surface area (Å²) in [4.78, 5) is 29.9. The molecule has 150 valence electrons. The zero-order valence-corrected chi connectivity index (χ0v) is 16.6. The molecular weight excluding hydrogens is 394 g/mol. The van der Waals surface area contributed by atoms with Crippen LogP contribution in [-0.2, 0) is 4.79 Å². The lowest BCUT2D eigenvalue weighted by molar-refractivity contribution is -0.116. The topological polar surface area (TPSA) is 83.7 Å². The average molecular weight is 414 g/mol. The molecule has 0 saturated heterocycles. The summed E-state index contributed by atoms with van der Waals surface area (Å²) in [5.41, 5.74) is 1.77. The lowest BCUT2D eigenvalue weighted by Crippen LogP contribution is -2.38. The third-order valence-corrected chi connectivity index (χ3v) is 4.88. The first-order valence-corrected chi connectivity index (χ1v) is 9.68. The summed E-state index contributed by atoms with van der Waals surface area (Å²) >= 11 is 6.00. The number of fused-ring (bicyclic) bond motifs is 2. The molecular formula is C21H20ClN3O4. The molecule has 1 aliphatic heterocycles. The van der Waals surface area contributed by atoms with Crippen molar-refractivity contribution < 1.29 is 19.1 Å². The normalized spacial score (nSPS) is 12.6. The Hall–Kier alpha value is -3.19. The molecule has 3 aromatic rings. The number of likely N-dealkylation sites (N-methyl/N-ethyl adjacent to an activating group) is 1. The molecule has 1 aliphatic rings. The van der Waals surface area contributed by atoms with Gasteiger partial charge in [-0.15, -0.1) is 0 Å². The number of carbonyl (C=O) groups excluding carboxylic acids is 2. The maximum atomic E-state index is 12.9. The highest BCUT2D eigenvalue weighted by molar-refractivity contribution is 6.31. The number of ether oxygens (including phenoxy) is 2. The van der Waals surface area contributed by atoms with Crippen molar-refractivity contribution in [1.29, 1.82) is 0 Å². The zero-order valence-electron chi connectivity index (χ0n) is 15.8. The van der Waals surface area contributed by atoms with Gasteiger partial charge in [-0.1, -0.05) is 17.7 Å². The monoisotopic (exact) mass is 413 g/mol. The van der Waals surface area contributed by atoms with Crippen LogP contribution >= 0.6 is 11.6 Å². The molecule has 2 N–H and O–H groups in total. The summed E-state index contributed by atoms with van der Waals surface area (Å²) in [5.74, 6) is 0.695. The van der Waals surface area contributed by atoms with E-state index in [0.717, 1.165) is 10.9 Å². The number of H-pyrrole nitrogens is 1. The zero-order chi connectivity index (χ0) is 20.4. The van der Waals surface area contributed by atoms with Crippen molar-refractivity contribution in [3.63, 3.8) is 0 Å². The van der Waals surface area contributed by atoms with Gasteiger partial charge < -0.3 is 24.7 Å². The minimum atomic E-state index is -0.295. The second kappa shape index (κ2) is 8.05. The Balaban J connectivity index is 1.44. The Morgan fingerprint density at radius 3 is 2.69 bits per heavy atom. The fraction of sp³-hybridized carbons (Fsp3) is 0.238. The molecule has 0 bridgehead atoms. The van der Waals surface area contributed by atoms with Crippen LogP contribution in [0.25, 0.3) is 10.9 Å². The van der Waals surface area contributed by atoms with Gasteiger partial charge in [-0.3, -0.25) is 9.59 Å². The number of hydrogen-bond donors (Lipinski definition) is 2. The van der Waals surface area contributed by atoms with Gasteiger partial charge in [0.25, 0.3) is 5.91 Å². The van der Waals surface area contributed by atoms with Crippen LogP contribution in [0.2, 0.25) is 5.02 Å². The molecule has 1 aromatic heterocycles. The van der Waals surface area contributed by atoms with Gasteiger partial charge in [0.2, 0.25) is 5.91 Å². The third kappa shape index (κ3) is 4.14. The second-order valence-corrected chi connectivity index (χ2v) is 7.08. The number of hydrogen-bond acceptors (Lipinski definition) is 4. The van der Waals surface area contributed by atoms with Crippen LogP contribution in [0.3, 0.4) is 0 Å². The molecule has 0 radical (unpaired) electrons. The summed E-state index contributed by atoms with van der Waals surface area (Å²) in [7, 11) is 0. The standard InChI is InChI=1S/C21H20ClN3O4/c1-2-25(21(27)17-9-13-3-4-14(22)10-16(13)24-17)12-20(26)23-15-5-6-18-19(11-15)29-8-7-28-18/h3-6,9-11,24H,2,7-8,12H2,1H3,(H,23,26). The number of nitrogens with one attached hydrogen (secondary N) is 2. The molecule has 0 saturated carbocycles. The van der Waals surface area contributed by atoms with E-state index in [1.807, 2.05) is 13.0 Å². The second-order valence-electron chi connectivity index (χ2n) is 6.64. The van der Waals surface area contributed by atoms with Crippen molar-refractivity contribution >= 4 is 40.0 Å². The van der Waals surface area contributed by atoms with Gasteiger partial charge >= 0.3 is 0 Å². The van der Waals surface area contributed by atoms with E-state index in [4.69, 9.17) is 21.1 Å². The van der Waals surface area contributed by atoms with E-state index in [-0.39, 0.29) is 18.4 Å². The van der Waals surface area contributed by atoms with Crippen LogP contribution in [0.1, 0.15) is 17.4 Å². The minimum Gasteiger partial charge on any atom is -0.486 e. The lowest BCUT2D eigenvalue weighted by Gasteiger charge is -2.21. The maximum absolute atomic E-state index is 12.9. The van der Waals surface area contributed by atoms with Gasteiger partial charge in [-0.25, -0.2) is 0 Å².